The summed E-state index contributed by atoms with van der Waals surface area (Å²) in [5, 5.41) is 6.12. The van der Waals surface area contributed by atoms with Gasteiger partial charge >= 0.3 is 0 Å². The first kappa shape index (κ1) is 15.8. The van der Waals surface area contributed by atoms with Gasteiger partial charge in [-0.05, 0) is 43.1 Å². The quantitative estimate of drug-likeness (QED) is 0.696. The molecule has 0 radical (unpaired) electrons. The van der Waals surface area contributed by atoms with E-state index in [0.29, 0.717) is 0 Å². The summed E-state index contributed by atoms with van der Waals surface area (Å²) in [4.78, 5) is 0. The van der Waals surface area contributed by atoms with Crippen molar-refractivity contribution in [2.24, 2.45) is 0 Å². The molecule has 0 aliphatic carbocycles. The first-order chi connectivity index (χ1) is 10.3. The lowest BCUT2D eigenvalue weighted by molar-refractivity contribution is 0.215. The van der Waals surface area contributed by atoms with Crippen LogP contribution in [0.5, 0.6) is 5.75 Å². The van der Waals surface area contributed by atoms with Crippen LogP contribution in [0.15, 0.2) is 36.4 Å². The Morgan fingerprint density at radius 2 is 1.90 bits per heavy atom. The van der Waals surface area contributed by atoms with Crippen LogP contribution in [0.2, 0.25) is 0 Å². The highest BCUT2D eigenvalue weighted by atomic mass is 16.5. The maximum atomic E-state index is 6.12. The molecule has 0 aliphatic heterocycles. The smallest absolute Gasteiger partial charge is 0.124 e. The van der Waals surface area contributed by atoms with Gasteiger partial charge in [-0.25, -0.2) is 0 Å². The molecule has 0 aliphatic rings. The van der Waals surface area contributed by atoms with Crippen LogP contribution in [-0.2, 0) is 6.54 Å². The van der Waals surface area contributed by atoms with E-state index < -0.39 is 0 Å². The third kappa shape index (κ3) is 4.21. The lowest BCUT2D eigenvalue weighted by atomic mass is 10.0. The third-order valence-electron chi connectivity index (χ3n) is 3.91. The van der Waals surface area contributed by atoms with Crippen LogP contribution < -0.4 is 10.1 Å². The zero-order chi connectivity index (χ0) is 15.1. The summed E-state index contributed by atoms with van der Waals surface area (Å²) in [6, 6.07) is 12.8. The summed E-state index contributed by atoms with van der Waals surface area (Å²) >= 11 is 0. The molecule has 0 saturated heterocycles. The fourth-order valence-electron chi connectivity index (χ4n) is 2.42. The standard InChI is InChI=1S/C19H27NO/c1-4-6-13-20-14-18-17-10-8-7-9-16(17)11-12-19(18)21-15(3)5-2/h7-12,15,20H,4-6,13-14H2,1-3H3. The maximum absolute atomic E-state index is 6.12. The molecule has 1 N–H and O–H groups in total. The van der Waals surface area contributed by atoms with E-state index in [1.807, 2.05) is 0 Å². The number of hydrogen-bond donors (Lipinski definition) is 1. The zero-order valence-corrected chi connectivity index (χ0v) is 13.5. The van der Waals surface area contributed by atoms with Crippen molar-refractivity contribution < 1.29 is 4.74 Å². The molecular formula is C19H27NO. The molecule has 2 nitrogen and oxygen atoms in total. The molecule has 21 heavy (non-hydrogen) atoms. The second kappa shape index (κ2) is 8.04. The minimum Gasteiger partial charge on any atom is -0.490 e. The summed E-state index contributed by atoms with van der Waals surface area (Å²) in [5.41, 5.74) is 1.28. The number of hydrogen-bond acceptors (Lipinski definition) is 2. The van der Waals surface area contributed by atoms with Gasteiger partial charge in [0.1, 0.15) is 5.75 Å². The first-order valence-corrected chi connectivity index (χ1v) is 8.14. The van der Waals surface area contributed by atoms with Crippen LogP contribution in [0, 0.1) is 0 Å². The highest BCUT2D eigenvalue weighted by Gasteiger charge is 2.10. The van der Waals surface area contributed by atoms with Crippen molar-refractivity contribution in [2.45, 2.75) is 52.7 Å². The van der Waals surface area contributed by atoms with E-state index in [4.69, 9.17) is 4.74 Å². The molecule has 1 atom stereocenters. The number of rotatable bonds is 8. The van der Waals surface area contributed by atoms with Crippen molar-refractivity contribution in [3.63, 3.8) is 0 Å². The summed E-state index contributed by atoms with van der Waals surface area (Å²) < 4.78 is 6.12. The molecule has 1 unspecified atom stereocenters. The molecule has 2 aromatic rings. The van der Waals surface area contributed by atoms with Crippen molar-refractivity contribution in [3.8, 4) is 5.75 Å². The fraction of sp³-hybridized carbons (Fsp3) is 0.474. The van der Waals surface area contributed by atoms with E-state index in [9.17, 15) is 0 Å². The molecule has 2 aromatic carbocycles. The molecule has 0 saturated carbocycles. The number of fused-ring (bicyclic) bond motifs is 1. The van der Waals surface area contributed by atoms with Gasteiger partial charge in [0.15, 0.2) is 0 Å². The number of unbranched alkanes of at least 4 members (excludes halogenated alkanes) is 1. The van der Waals surface area contributed by atoms with Crippen molar-refractivity contribution in [1.82, 2.24) is 5.32 Å². The second-order valence-corrected chi connectivity index (χ2v) is 5.63. The van der Waals surface area contributed by atoms with Gasteiger partial charge < -0.3 is 10.1 Å². The van der Waals surface area contributed by atoms with E-state index >= 15 is 0 Å². The van der Waals surface area contributed by atoms with Gasteiger partial charge in [-0.3, -0.25) is 0 Å². The minimum absolute atomic E-state index is 0.251. The van der Waals surface area contributed by atoms with Gasteiger partial charge in [0.25, 0.3) is 0 Å². The fourth-order valence-corrected chi connectivity index (χ4v) is 2.42. The van der Waals surface area contributed by atoms with E-state index in [-0.39, 0.29) is 6.10 Å². The van der Waals surface area contributed by atoms with Crippen LogP contribution in [-0.4, -0.2) is 12.6 Å². The Labute approximate surface area is 128 Å². The molecule has 0 heterocycles. The van der Waals surface area contributed by atoms with E-state index in [0.717, 1.165) is 25.3 Å². The van der Waals surface area contributed by atoms with Crippen molar-refractivity contribution in [1.29, 1.82) is 0 Å². The molecule has 0 aromatic heterocycles. The van der Waals surface area contributed by atoms with E-state index in [1.165, 1.54) is 29.2 Å². The summed E-state index contributed by atoms with van der Waals surface area (Å²) in [6.07, 6.45) is 3.71. The summed E-state index contributed by atoms with van der Waals surface area (Å²) in [7, 11) is 0. The molecule has 0 bridgehead atoms. The normalized spacial score (nSPS) is 12.5. The van der Waals surface area contributed by atoms with Crippen LogP contribution in [0.3, 0.4) is 0 Å². The number of nitrogens with one attached hydrogen (secondary N) is 1. The maximum Gasteiger partial charge on any atom is 0.124 e. The van der Waals surface area contributed by atoms with Crippen LogP contribution in [0.25, 0.3) is 10.8 Å². The Morgan fingerprint density at radius 1 is 1.10 bits per heavy atom. The zero-order valence-electron chi connectivity index (χ0n) is 13.5. The predicted octanol–water partition coefficient (Wildman–Crippen LogP) is 4.91. The van der Waals surface area contributed by atoms with Gasteiger partial charge in [-0.1, -0.05) is 50.6 Å². The molecule has 0 amide bonds. The van der Waals surface area contributed by atoms with Crippen molar-refractivity contribution in [2.75, 3.05) is 6.54 Å². The highest BCUT2D eigenvalue weighted by Crippen LogP contribution is 2.29. The minimum atomic E-state index is 0.251. The topological polar surface area (TPSA) is 21.3 Å². The van der Waals surface area contributed by atoms with Gasteiger partial charge in [-0.15, -0.1) is 0 Å². The van der Waals surface area contributed by atoms with Crippen LogP contribution in [0.4, 0.5) is 0 Å². The Hall–Kier alpha value is -1.54. The van der Waals surface area contributed by atoms with Crippen molar-refractivity contribution >= 4 is 10.8 Å². The molecule has 0 fully saturated rings. The first-order valence-electron chi connectivity index (χ1n) is 8.14. The average Bonchev–Trinajstić information content (AvgIpc) is 2.52. The van der Waals surface area contributed by atoms with E-state index in [2.05, 4.69) is 62.5 Å². The van der Waals surface area contributed by atoms with Gasteiger partial charge in [0, 0.05) is 12.1 Å². The van der Waals surface area contributed by atoms with Gasteiger partial charge in [0.05, 0.1) is 6.10 Å². The Kier molecular flexibility index (Phi) is 6.06. The number of benzene rings is 2. The van der Waals surface area contributed by atoms with E-state index in [1.54, 1.807) is 0 Å². The van der Waals surface area contributed by atoms with Crippen LogP contribution >= 0.6 is 0 Å². The average molecular weight is 285 g/mol. The highest BCUT2D eigenvalue weighted by molar-refractivity contribution is 5.87. The molecule has 2 heteroatoms. The lowest BCUT2D eigenvalue weighted by Gasteiger charge is -2.18. The van der Waals surface area contributed by atoms with Gasteiger partial charge in [-0.2, -0.15) is 0 Å². The van der Waals surface area contributed by atoms with Crippen LogP contribution in [0.1, 0.15) is 45.6 Å². The molecule has 0 spiro atoms. The molecular weight excluding hydrogens is 258 g/mol. The third-order valence-corrected chi connectivity index (χ3v) is 3.91. The molecule has 2 rings (SSSR count). The molecule has 114 valence electrons. The van der Waals surface area contributed by atoms with Crippen molar-refractivity contribution in [3.05, 3.63) is 42.0 Å². The number of ether oxygens (including phenoxy) is 1. The largest absolute Gasteiger partial charge is 0.490 e. The second-order valence-electron chi connectivity index (χ2n) is 5.63. The monoisotopic (exact) mass is 285 g/mol. The lowest BCUT2D eigenvalue weighted by Crippen LogP contribution is -2.17. The summed E-state index contributed by atoms with van der Waals surface area (Å²) in [5.74, 6) is 1.02. The summed E-state index contributed by atoms with van der Waals surface area (Å²) in [6.45, 7) is 8.43. The SMILES string of the molecule is CCCCNCc1c(OC(C)CC)ccc2ccccc12. The Morgan fingerprint density at radius 3 is 2.67 bits per heavy atom. The Bertz CT molecular complexity index is 564. The van der Waals surface area contributed by atoms with Gasteiger partial charge in [0.2, 0.25) is 0 Å². The Balaban J connectivity index is 2.28. The predicted molar refractivity (Wildman–Crippen MR) is 90.9 cm³/mol.